The molecule has 0 saturated heterocycles. The molecule has 0 radical (unpaired) electrons. The highest BCUT2D eigenvalue weighted by atomic mass is 32.2. The third-order valence-electron chi connectivity index (χ3n) is 3.33. The van der Waals surface area contributed by atoms with E-state index < -0.39 is 21.7 Å². The average molecular weight is 348 g/mol. The zero-order valence-electron chi connectivity index (χ0n) is 13.2. The van der Waals surface area contributed by atoms with Gasteiger partial charge < -0.3 is 5.32 Å². The molecule has 0 aliphatic carbocycles. The average Bonchev–Trinajstić information content (AvgIpc) is 2.52. The van der Waals surface area contributed by atoms with Gasteiger partial charge >= 0.3 is 0 Å². The predicted molar refractivity (Wildman–Crippen MR) is 89.3 cm³/mol. The fourth-order valence-corrected chi connectivity index (χ4v) is 2.81. The number of aromatic nitrogens is 1. The molecule has 5 nitrogen and oxygen atoms in total. The number of carbonyl (C=O) groups is 1. The summed E-state index contributed by atoms with van der Waals surface area (Å²) < 4.78 is 36.7. The Kier molecular flexibility index (Phi) is 5.46. The van der Waals surface area contributed by atoms with Crippen molar-refractivity contribution in [2.45, 2.75) is 17.9 Å². The van der Waals surface area contributed by atoms with E-state index in [0.717, 1.165) is 17.9 Å². The van der Waals surface area contributed by atoms with E-state index in [-0.39, 0.29) is 10.8 Å². The maximum Gasteiger partial charge on any atom is 0.244 e. The molecule has 24 heavy (non-hydrogen) atoms. The van der Waals surface area contributed by atoms with E-state index in [4.69, 9.17) is 0 Å². The Hall–Kier alpha value is -2.54. The van der Waals surface area contributed by atoms with Gasteiger partial charge in [-0.05, 0) is 42.3 Å². The van der Waals surface area contributed by atoms with Crippen LogP contribution in [0.5, 0.6) is 0 Å². The topological polar surface area (TPSA) is 76.1 Å². The molecule has 1 amide bonds. The minimum atomic E-state index is -3.62. The maximum absolute atomic E-state index is 13.9. The van der Waals surface area contributed by atoms with Crippen molar-refractivity contribution in [2.75, 3.05) is 6.26 Å². The highest BCUT2D eigenvalue weighted by Crippen LogP contribution is 2.20. The quantitative estimate of drug-likeness (QED) is 0.843. The molecule has 1 aromatic carbocycles. The van der Waals surface area contributed by atoms with E-state index in [0.29, 0.717) is 5.56 Å². The van der Waals surface area contributed by atoms with Crippen molar-refractivity contribution in [3.8, 4) is 0 Å². The first-order valence-corrected chi connectivity index (χ1v) is 9.04. The number of nitrogens with zero attached hydrogens (tertiary/aromatic N) is 1. The number of sulfone groups is 1. The van der Waals surface area contributed by atoms with Crippen LogP contribution in [-0.4, -0.2) is 25.6 Å². The lowest BCUT2D eigenvalue weighted by Gasteiger charge is -2.14. The predicted octanol–water partition coefficient (Wildman–Crippen LogP) is 2.51. The number of rotatable bonds is 5. The monoisotopic (exact) mass is 348 g/mol. The van der Waals surface area contributed by atoms with Crippen LogP contribution in [0.4, 0.5) is 4.39 Å². The first-order valence-electron chi connectivity index (χ1n) is 7.15. The van der Waals surface area contributed by atoms with Gasteiger partial charge in [-0.2, -0.15) is 0 Å². The molecule has 0 aliphatic rings. The van der Waals surface area contributed by atoms with Crippen molar-refractivity contribution in [2.24, 2.45) is 0 Å². The van der Waals surface area contributed by atoms with Gasteiger partial charge in [0.15, 0.2) is 9.84 Å². The summed E-state index contributed by atoms with van der Waals surface area (Å²) in [6.45, 7) is 1.69. The molecule has 0 aliphatic heterocycles. The van der Waals surface area contributed by atoms with Crippen molar-refractivity contribution in [3.05, 3.63) is 65.7 Å². The molecular formula is C17H17FN2O3S. The van der Waals surface area contributed by atoms with Crippen LogP contribution >= 0.6 is 0 Å². The highest BCUT2D eigenvalue weighted by molar-refractivity contribution is 7.90. The number of benzene rings is 1. The molecule has 0 spiro atoms. The van der Waals surface area contributed by atoms with Gasteiger partial charge in [-0.3, -0.25) is 9.78 Å². The third-order valence-corrected chi connectivity index (χ3v) is 4.46. The molecule has 1 aromatic heterocycles. The fraction of sp³-hybridized carbons (Fsp3) is 0.176. The summed E-state index contributed by atoms with van der Waals surface area (Å²) in [5, 5.41) is 2.69. The number of hydrogen-bond acceptors (Lipinski definition) is 4. The number of hydrogen-bond donors (Lipinski definition) is 1. The molecule has 0 fully saturated rings. The van der Waals surface area contributed by atoms with Crippen LogP contribution in [0, 0.1) is 5.82 Å². The van der Waals surface area contributed by atoms with Gasteiger partial charge in [0, 0.05) is 24.7 Å². The first kappa shape index (κ1) is 17.8. The zero-order chi connectivity index (χ0) is 17.7. The third kappa shape index (κ3) is 4.73. The molecule has 0 bridgehead atoms. The van der Waals surface area contributed by atoms with Crippen LogP contribution in [0.1, 0.15) is 24.1 Å². The van der Waals surface area contributed by atoms with Gasteiger partial charge in [0.05, 0.1) is 6.04 Å². The Labute approximate surface area is 140 Å². The summed E-state index contributed by atoms with van der Waals surface area (Å²) in [6, 6.07) is 6.89. The van der Waals surface area contributed by atoms with E-state index >= 15 is 0 Å². The lowest BCUT2D eigenvalue weighted by Crippen LogP contribution is -2.24. The van der Waals surface area contributed by atoms with E-state index in [1.165, 1.54) is 18.2 Å². The van der Waals surface area contributed by atoms with Gasteiger partial charge in [-0.15, -0.1) is 0 Å². The molecule has 2 aromatic rings. The van der Waals surface area contributed by atoms with Gasteiger partial charge in [-0.1, -0.05) is 12.1 Å². The second kappa shape index (κ2) is 7.35. The Morgan fingerprint density at radius 3 is 2.67 bits per heavy atom. The number of carbonyl (C=O) groups excluding carboxylic acids is 1. The van der Waals surface area contributed by atoms with Crippen LogP contribution in [0.3, 0.4) is 0 Å². The van der Waals surface area contributed by atoms with Gasteiger partial charge in [0.25, 0.3) is 0 Å². The summed E-state index contributed by atoms with van der Waals surface area (Å²) in [5.74, 6) is -1.18. The molecule has 1 atom stereocenters. The first-order chi connectivity index (χ1) is 11.3. The van der Waals surface area contributed by atoms with Crippen LogP contribution in [-0.2, 0) is 14.6 Å². The summed E-state index contributed by atoms with van der Waals surface area (Å²) in [4.78, 5) is 15.5. The summed E-state index contributed by atoms with van der Waals surface area (Å²) in [6.07, 6.45) is 7.16. The van der Waals surface area contributed by atoms with Gasteiger partial charge in [0.2, 0.25) is 5.91 Å². The van der Waals surface area contributed by atoms with E-state index in [1.54, 1.807) is 37.5 Å². The van der Waals surface area contributed by atoms with Crippen LogP contribution in [0.2, 0.25) is 0 Å². The second-order valence-electron chi connectivity index (χ2n) is 5.31. The molecule has 1 heterocycles. The minimum absolute atomic E-state index is 0.348. The van der Waals surface area contributed by atoms with Crippen molar-refractivity contribution >= 4 is 21.8 Å². The summed E-state index contributed by atoms with van der Waals surface area (Å²) in [5.41, 5.74) is 1.26. The zero-order valence-corrected chi connectivity index (χ0v) is 14.0. The Balaban J connectivity index is 2.07. The number of amides is 1. The maximum atomic E-state index is 13.9. The molecule has 7 heteroatoms. The normalized spacial score (nSPS) is 13.0. The summed E-state index contributed by atoms with van der Waals surface area (Å²) >= 11 is 0. The van der Waals surface area contributed by atoms with Crippen molar-refractivity contribution in [3.63, 3.8) is 0 Å². The summed E-state index contributed by atoms with van der Waals surface area (Å²) in [7, 11) is -3.62. The number of pyridine rings is 1. The molecule has 0 unspecified atom stereocenters. The molecular weight excluding hydrogens is 331 g/mol. The van der Waals surface area contributed by atoms with Crippen molar-refractivity contribution < 1.29 is 17.6 Å². The Morgan fingerprint density at radius 1 is 1.33 bits per heavy atom. The SMILES string of the molecule is C[C@H](NC(=O)/C=C\c1cccnc1)c1ccc(S(C)(=O)=O)c(F)c1. The Morgan fingerprint density at radius 2 is 2.08 bits per heavy atom. The second-order valence-corrected chi connectivity index (χ2v) is 7.30. The molecule has 2 rings (SSSR count). The highest BCUT2D eigenvalue weighted by Gasteiger charge is 2.16. The standard InChI is InChI=1S/C17H17FN2O3S/c1-12(14-6-7-16(15(18)10-14)24(2,22)23)20-17(21)8-5-13-4-3-9-19-11-13/h3-12H,1-2H3,(H,20,21)/b8-5-/t12-/m0/s1. The minimum Gasteiger partial charge on any atom is -0.346 e. The largest absolute Gasteiger partial charge is 0.346 e. The van der Waals surface area contributed by atoms with Crippen molar-refractivity contribution in [1.82, 2.24) is 10.3 Å². The Bertz CT molecular complexity index is 865. The van der Waals surface area contributed by atoms with E-state index in [2.05, 4.69) is 10.3 Å². The van der Waals surface area contributed by atoms with Crippen LogP contribution < -0.4 is 5.32 Å². The van der Waals surface area contributed by atoms with Crippen LogP contribution in [0.15, 0.2) is 53.7 Å². The number of halogens is 1. The lowest BCUT2D eigenvalue weighted by molar-refractivity contribution is -0.117. The lowest BCUT2D eigenvalue weighted by atomic mass is 10.1. The van der Waals surface area contributed by atoms with Gasteiger partial charge in [0.1, 0.15) is 10.7 Å². The molecule has 126 valence electrons. The van der Waals surface area contributed by atoms with Gasteiger partial charge in [-0.25, -0.2) is 12.8 Å². The van der Waals surface area contributed by atoms with Crippen LogP contribution in [0.25, 0.3) is 6.08 Å². The smallest absolute Gasteiger partial charge is 0.244 e. The molecule has 0 saturated carbocycles. The van der Waals surface area contributed by atoms with E-state index in [1.807, 2.05) is 0 Å². The van der Waals surface area contributed by atoms with E-state index in [9.17, 15) is 17.6 Å². The fourth-order valence-electron chi connectivity index (χ4n) is 2.08. The molecule has 1 N–H and O–H groups in total. The van der Waals surface area contributed by atoms with Crippen molar-refractivity contribution in [1.29, 1.82) is 0 Å². The number of nitrogens with one attached hydrogen (secondary N) is 1.